The minimum absolute atomic E-state index is 0.0619. The first kappa shape index (κ1) is 14.9. The fourth-order valence-corrected chi connectivity index (χ4v) is 1.13. The summed E-state index contributed by atoms with van der Waals surface area (Å²) in [6.07, 6.45) is 0. The molecule has 0 aromatic carbocycles. The van der Waals surface area contributed by atoms with E-state index in [0.29, 0.717) is 0 Å². The van der Waals surface area contributed by atoms with Gasteiger partial charge in [-0.2, -0.15) is 9.97 Å². The van der Waals surface area contributed by atoms with E-state index in [-0.39, 0.29) is 24.5 Å². The quantitative estimate of drug-likeness (QED) is 0.779. The summed E-state index contributed by atoms with van der Waals surface area (Å²) in [7, 11) is 2.85. The van der Waals surface area contributed by atoms with Crippen molar-refractivity contribution in [1.82, 2.24) is 15.0 Å². The van der Waals surface area contributed by atoms with E-state index in [0.717, 1.165) is 0 Å². The van der Waals surface area contributed by atoms with Gasteiger partial charge in [0.05, 0.1) is 14.2 Å². The average molecular weight is 270 g/mol. The van der Waals surface area contributed by atoms with E-state index in [1.807, 2.05) is 0 Å². The molecule has 19 heavy (non-hydrogen) atoms. The molecule has 0 saturated carbocycles. The standard InChI is InChI=1S/C11H18N4O4/c1-11(2,3)19-7(16)6-12-8-13-9(17-4)15-10(14-8)18-5/h6H2,1-5H3,(H,12,13,14,15). The van der Waals surface area contributed by atoms with Gasteiger partial charge in [-0.25, -0.2) is 0 Å². The number of rotatable bonds is 5. The number of aromatic nitrogens is 3. The summed E-state index contributed by atoms with van der Waals surface area (Å²) in [4.78, 5) is 23.2. The molecule has 0 fully saturated rings. The van der Waals surface area contributed by atoms with Crippen molar-refractivity contribution in [2.75, 3.05) is 26.1 Å². The number of hydrogen-bond donors (Lipinski definition) is 1. The van der Waals surface area contributed by atoms with E-state index in [2.05, 4.69) is 20.3 Å². The number of nitrogens with one attached hydrogen (secondary N) is 1. The van der Waals surface area contributed by atoms with Crippen LogP contribution in [0.25, 0.3) is 0 Å². The summed E-state index contributed by atoms with van der Waals surface area (Å²) < 4.78 is 14.9. The molecule has 0 spiro atoms. The normalized spacial score (nSPS) is 10.8. The number of methoxy groups -OCH3 is 2. The zero-order chi connectivity index (χ0) is 14.5. The highest BCUT2D eigenvalue weighted by atomic mass is 16.6. The van der Waals surface area contributed by atoms with Crippen molar-refractivity contribution >= 4 is 11.9 Å². The molecule has 0 unspecified atom stereocenters. The SMILES string of the molecule is COc1nc(NCC(=O)OC(C)(C)C)nc(OC)n1. The molecular formula is C11H18N4O4. The van der Waals surface area contributed by atoms with Crippen LogP contribution in [0.15, 0.2) is 0 Å². The zero-order valence-electron chi connectivity index (χ0n) is 11.7. The lowest BCUT2D eigenvalue weighted by molar-refractivity contribution is -0.152. The summed E-state index contributed by atoms with van der Waals surface area (Å²) >= 11 is 0. The van der Waals surface area contributed by atoms with E-state index >= 15 is 0 Å². The molecule has 0 bridgehead atoms. The number of carbonyl (C=O) groups is 1. The number of carbonyl (C=O) groups excluding carboxylic acids is 1. The maximum atomic E-state index is 11.5. The maximum Gasteiger partial charge on any atom is 0.325 e. The largest absolute Gasteiger partial charge is 0.467 e. The van der Waals surface area contributed by atoms with E-state index in [4.69, 9.17) is 14.2 Å². The van der Waals surface area contributed by atoms with Crippen LogP contribution in [0.4, 0.5) is 5.95 Å². The van der Waals surface area contributed by atoms with Crippen LogP contribution in [-0.4, -0.2) is 47.3 Å². The molecule has 1 aromatic heterocycles. The lowest BCUT2D eigenvalue weighted by Gasteiger charge is -2.19. The first-order valence-electron chi connectivity index (χ1n) is 5.64. The fourth-order valence-electron chi connectivity index (χ4n) is 1.13. The van der Waals surface area contributed by atoms with E-state index in [1.54, 1.807) is 20.8 Å². The second-order valence-corrected chi connectivity index (χ2v) is 4.57. The van der Waals surface area contributed by atoms with Crippen LogP contribution >= 0.6 is 0 Å². The summed E-state index contributed by atoms with van der Waals surface area (Å²) in [5, 5.41) is 2.72. The Morgan fingerprint density at radius 3 is 2.05 bits per heavy atom. The first-order chi connectivity index (χ1) is 8.84. The molecule has 1 aromatic rings. The second-order valence-electron chi connectivity index (χ2n) is 4.57. The third kappa shape index (κ3) is 5.36. The second kappa shape index (κ2) is 6.17. The molecule has 1 heterocycles. The van der Waals surface area contributed by atoms with Gasteiger partial charge in [-0.1, -0.05) is 0 Å². The van der Waals surface area contributed by atoms with Gasteiger partial charge in [0.2, 0.25) is 5.95 Å². The first-order valence-corrected chi connectivity index (χ1v) is 5.64. The summed E-state index contributed by atoms with van der Waals surface area (Å²) in [6, 6.07) is 0.192. The Morgan fingerprint density at radius 2 is 1.63 bits per heavy atom. The molecule has 0 aliphatic rings. The van der Waals surface area contributed by atoms with Crippen molar-refractivity contribution in [2.24, 2.45) is 0 Å². The van der Waals surface area contributed by atoms with Crippen molar-refractivity contribution in [3.63, 3.8) is 0 Å². The van der Waals surface area contributed by atoms with Gasteiger partial charge in [-0.05, 0) is 20.8 Å². The van der Waals surface area contributed by atoms with Gasteiger partial charge in [-0.15, -0.1) is 4.98 Å². The molecule has 0 aliphatic carbocycles. The molecular weight excluding hydrogens is 252 g/mol. The van der Waals surface area contributed by atoms with Crippen LogP contribution in [0, 0.1) is 0 Å². The van der Waals surface area contributed by atoms with Crippen molar-refractivity contribution in [3.05, 3.63) is 0 Å². The molecule has 0 aliphatic heterocycles. The Labute approximate surface area is 111 Å². The van der Waals surface area contributed by atoms with Crippen LogP contribution in [0.2, 0.25) is 0 Å². The topological polar surface area (TPSA) is 95.5 Å². The third-order valence-electron chi connectivity index (χ3n) is 1.77. The molecule has 106 valence electrons. The minimum atomic E-state index is -0.534. The molecule has 0 saturated heterocycles. The van der Waals surface area contributed by atoms with Gasteiger partial charge < -0.3 is 19.5 Å². The van der Waals surface area contributed by atoms with Gasteiger partial charge in [0.15, 0.2) is 0 Å². The minimum Gasteiger partial charge on any atom is -0.467 e. The smallest absolute Gasteiger partial charge is 0.325 e. The van der Waals surface area contributed by atoms with Crippen molar-refractivity contribution in [2.45, 2.75) is 26.4 Å². The number of anilines is 1. The predicted octanol–water partition coefficient (Wildman–Crippen LogP) is 0.642. The summed E-state index contributed by atoms with van der Waals surface area (Å²) in [5.41, 5.74) is -0.534. The monoisotopic (exact) mass is 270 g/mol. The van der Waals surface area contributed by atoms with Gasteiger partial charge in [-0.3, -0.25) is 4.79 Å². The van der Waals surface area contributed by atoms with Gasteiger partial charge >= 0.3 is 18.0 Å². The van der Waals surface area contributed by atoms with Crippen molar-refractivity contribution in [3.8, 4) is 12.0 Å². The van der Waals surface area contributed by atoms with Gasteiger partial charge in [0.25, 0.3) is 0 Å². The zero-order valence-corrected chi connectivity index (χ0v) is 11.7. The molecule has 1 N–H and O–H groups in total. The molecule has 0 radical (unpaired) electrons. The Morgan fingerprint density at radius 1 is 1.11 bits per heavy atom. The van der Waals surface area contributed by atoms with Crippen LogP contribution < -0.4 is 14.8 Å². The lowest BCUT2D eigenvalue weighted by Crippen LogP contribution is -2.28. The Balaban J connectivity index is 2.64. The molecule has 0 atom stereocenters. The summed E-state index contributed by atoms with van der Waals surface area (Å²) in [6.45, 7) is 5.31. The van der Waals surface area contributed by atoms with Gasteiger partial charge in [0.1, 0.15) is 12.1 Å². The highest BCUT2D eigenvalue weighted by molar-refractivity contribution is 5.74. The number of esters is 1. The van der Waals surface area contributed by atoms with Crippen molar-refractivity contribution < 1.29 is 19.0 Å². The third-order valence-corrected chi connectivity index (χ3v) is 1.77. The molecule has 8 heteroatoms. The number of nitrogens with zero attached hydrogens (tertiary/aromatic N) is 3. The molecule has 0 amide bonds. The average Bonchev–Trinajstić information content (AvgIpc) is 2.33. The van der Waals surface area contributed by atoms with E-state index in [1.165, 1.54) is 14.2 Å². The number of hydrogen-bond acceptors (Lipinski definition) is 8. The maximum absolute atomic E-state index is 11.5. The van der Waals surface area contributed by atoms with E-state index in [9.17, 15) is 4.79 Å². The summed E-state index contributed by atoms with van der Waals surface area (Å²) in [5.74, 6) is -0.236. The van der Waals surface area contributed by atoms with Crippen LogP contribution in [-0.2, 0) is 9.53 Å². The predicted molar refractivity (Wildman–Crippen MR) is 67.3 cm³/mol. The number of ether oxygens (including phenoxy) is 3. The molecule has 1 rings (SSSR count). The highest BCUT2D eigenvalue weighted by Gasteiger charge is 2.16. The Bertz CT molecular complexity index is 423. The Kier molecular flexibility index (Phi) is 4.85. The van der Waals surface area contributed by atoms with Gasteiger partial charge in [0, 0.05) is 0 Å². The van der Waals surface area contributed by atoms with Crippen molar-refractivity contribution in [1.29, 1.82) is 0 Å². The van der Waals surface area contributed by atoms with Crippen LogP contribution in [0.5, 0.6) is 12.0 Å². The lowest BCUT2D eigenvalue weighted by atomic mass is 10.2. The van der Waals surface area contributed by atoms with Crippen LogP contribution in [0.1, 0.15) is 20.8 Å². The Hall–Kier alpha value is -2.12. The fraction of sp³-hybridized carbons (Fsp3) is 0.636. The molecule has 8 nitrogen and oxygen atoms in total. The van der Waals surface area contributed by atoms with E-state index < -0.39 is 11.6 Å². The highest BCUT2D eigenvalue weighted by Crippen LogP contribution is 2.12. The van der Waals surface area contributed by atoms with Crippen LogP contribution in [0.3, 0.4) is 0 Å².